The van der Waals surface area contributed by atoms with E-state index in [9.17, 15) is 19.2 Å². The Morgan fingerprint density at radius 3 is 2.52 bits per heavy atom. The van der Waals surface area contributed by atoms with Crippen LogP contribution in [0.4, 0.5) is 0 Å². The lowest BCUT2D eigenvalue weighted by Crippen LogP contribution is -2.38. The van der Waals surface area contributed by atoms with Gasteiger partial charge in [0.2, 0.25) is 11.6 Å². The van der Waals surface area contributed by atoms with Gasteiger partial charge in [-0.05, 0) is 24.1 Å². The number of carbonyl (C=O) groups is 4. The molecule has 1 aromatic carbocycles. The molecule has 0 spiro atoms. The van der Waals surface area contributed by atoms with Crippen molar-refractivity contribution in [3.05, 3.63) is 69.4 Å². The van der Waals surface area contributed by atoms with Crippen molar-refractivity contribution < 1.29 is 28.3 Å². The second-order valence-corrected chi connectivity index (χ2v) is 7.29. The Hall–Kier alpha value is -3.28. The summed E-state index contributed by atoms with van der Waals surface area (Å²) in [5.41, 5.74) is 1.79. The summed E-state index contributed by atoms with van der Waals surface area (Å²) < 4.78 is 10.5. The molecule has 0 radical (unpaired) electrons. The molecule has 134 valence electrons. The first kappa shape index (κ1) is 15.9. The quantitative estimate of drug-likeness (QED) is 0.774. The Labute approximate surface area is 153 Å². The highest BCUT2D eigenvalue weighted by Crippen LogP contribution is 2.50. The van der Waals surface area contributed by atoms with E-state index in [1.54, 1.807) is 6.07 Å². The zero-order valence-electron chi connectivity index (χ0n) is 14.7. The molecular formula is C21H14O6. The Balaban J connectivity index is 1.82. The van der Waals surface area contributed by atoms with Gasteiger partial charge < -0.3 is 9.15 Å². The molecule has 0 saturated carbocycles. The van der Waals surface area contributed by atoms with Crippen LogP contribution in [0.5, 0.6) is 0 Å². The number of fused-ring (bicyclic) bond motifs is 3. The second kappa shape index (κ2) is 4.91. The van der Waals surface area contributed by atoms with Crippen molar-refractivity contribution in [2.75, 3.05) is 7.11 Å². The molecule has 1 aromatic heterocycles. The molecule has 5 rings (SSSR count). The predicted molar refractivity (Wildman–Crippen MR) is 92.4 cm³/mol. The minimum atomic E-state index is -0.627. The molecule has 0 aliphatic heterocycles. The van der Waals surface area contributed by atoms with E-state index in [1.807, 2.05) is 6.92 Å². The molecular weight excluding hydrogens is 348 g/mol. The van der Waals surface area contributed by atoms with Gasteiger partial charge in [0.25, 0.3) is 0 Å². The summed E-state index contributed by atoms with van der Waals surface area (Å²) in [7, 11) is 1.32. The van der Waals surface area contributed by atoms with E-state index in [0.29, 0.717) is 35.1 Å². The summed E-state index contributed by atoms with van der Waals surface area (Å²) in [6.07, 6.45) is 3.34. The van der Waals surface area contributed by atoms with Crippen LogP contribution in [0.2, 0.25) is 0 Å². The maximum Gasteiger partial charge on any atom is 0.228 e. The van der Waals surface area contributed by atoms with Gasteiger partial charge in [-0.15, -0.1) is 0 Å². The summed E-state index contributed by atoms with van der Waals surface area (Å²) >= 11 is 0. The normalized spacial score (nSPS) is 22.8. The summed E-state index contributed by atoms with van der Waals surface area (Å²) in [4.78, 5) is 50.4. The largest absolute Gasteiger partial charge is 0.492 e. The molecule has 0 fully saturated rings. The van der Waals surface area contributed by atoms with Crippen LogP contribution in [0.3, 0.4) is 0 Å². The van der Waals surface area contributed by atoms with Gasteiger partial charge in [0, 0.05) is 40.2 Å². The van der Waals surface area contributed by atoms with Crippen molar-refractivity contribution in [2.45, 2.75) is 25.2 Å². The summed E-state index contributed by atoms with van der Waals surface area (Å²) in [6.45, 7) is 1.94. The zero-order chi connectivity index (χ0) is 19.1. The van der Waals surface area contributed by atoms with Crippen LogP contribution in [-0.4, -0.2) is 30.2 Å². The average Bonchev–Trinajstić information content (AvgIpc) is 3.12. The number of allylic oxidation sites excluding steroid dienone is 2. The molecule has 6 heteroatoms. The van der Waals surface area contributed by atoms with E-state index in [4.69, 9.17) is 9.15 Å². The highest BCUT2D eigenvalue weighted by molar-refractivity contribution is 6.25. The van der Waals surface area contributed by atoms with Gasteiger partial charge in [0.1, 0.15) is 6.26 Å². The van der Waals surface area contributed by atoms with Crippen LogP contribution in [0.15, 0.2) is 34.6 Å². The summed E-state index contributed by atoms with van der Waals surface area (Å²) in [6, 6.07) is 3.09. The number of ether oxygens (including phenoxy) is 1. The molecule has 0 bridgehead atoms. The van der Waals surface area contributed by atoms with Crippen LogP contribution in [0.1, 0.15) is 78.1 Å². The lowest BCUT2D eigenvalue weighted by Gasteiger charge is -2.38. The third-order valence-electron chi connectivity index (χ3n) is 5.91. The first-order valence-electron chi connectivity index (χ1n) is 8.60. The van der Waals surface area contributed by atoms with E-state index in [2.05, 4.69) is 0 Å². The fourth-order valence-corrected chi connectivity index (χ4v) is 4.48. The predicted octanol–water partition coefficient (Wildman–Crippen LogP) is 3.02. The monoisotopic (exact) mass is 362 g/mol. The molecule has 2 aromatic rings. The number of hydrogen-bond acceptors (Lipinski definition) is 6. The number of methoxy groups -OCH3 is 1. The van der Waals surface area contributed by atoms with Crippen LogP contribution in [0, 0.1) is 0 Å². The molecule has 3 aliphatic rings. The number of Topliss-reactive ketones (excluding diaryl/α,β-unsaturated/α-hetero) is 2. The molecule has 0 N–H and O–H groups in total. The zero-order valence-corrected chi connectivity index (χ0v) is 14.7. The van der Waals surface area contributed by atoms with Crippen molar-refractivity contribution in [3.8, 4) is 0 Å². The molecule has 1 atom stereocenters. The minimum absolute atomic E-state index is 0.0499. The van der Waals surface area contributed by atoms with Gasteiger partial charge in [-0.25, -0.2) is 0 Å². The Bertz CT molecular complexity index is 1150. The number of rotatable bonds is 1. The van der Waals surface area contributed by atoms with Crippen molar-refractivity contribution >= 4 is 23.1 Å². The van der Waals surface area contributed by atoms with Gasteiger partial charge >= 0.3 is 0 Å². The average molecular weight is 362 g/mol. The fraction of sp³-hybridized carbons (Fsp3) is 0.238. The maximum atomic E-state index is 13.0. The molecule has 1 heterocycles. The van der Waals surface area contributed by atoms with Crippen LogP contribution in [0.25, 0.3) is 0 Å². The van der Waals surface area contributed by atoms with Gasteiger partial charge in [0.15, 0.2) is 23.1 Å². The van der Waals surface area contributed by atoms with Gasteiger partial charge in [-0.3, -0.25) is 19.2 Å². The molecule has 0 unspecified atom stereocenters. The molecule has 27 heavy (non-hydrogen) atoms. The molecule has 0 amide bonds. The number of hydrogen-bond donors (Lipinski definition) is 0. The van der Waals surface area contributed by atoms with Crippen LogP contribution >= 0.6 is 0 Å². The summed E-state index contributed by atoms with van der Waals surface area (Å²) in [5, 5.41) is 0. The van der Waals surface area contributed by atoms with Gasteiger partial charge in [0.05, 0.1) is 12.7 Å². The Morgan fingerprint density at radius 1 is 1.00 bits per heavy atom. The topological polar surface area (TPSA) is 90.7 Å². The van der Waals surface area contributed by atoms with Crippen LogP contribution < -0.4 is 0 Å². The third-order valence-corrected chi connectivity index (χ3v) is 5.91. The standard InChI is InChI=1S/C21H14O6/c1-21-4-3-14(22)12-8-27-20(17(12)21)19(25)11-5-10-9(6-13(11)21)15(23)7-16(26-2)18(10)24/h5-8H,3-4H2,1-2H3/t21-/m0/s1. The van der Waals surface area contributed by atoms with Gasteiger partial charge in [-0.2, -0.15) is 0 Å². The Morgan fingerprint density at radius 2 is 1.78 bits per heavy atom. The third kappa shape index (κ3) is 1.79. The van der Waals surface area contributed by atoms with E-state index in [0.717, 1.165) is 0 Å². The molecule has 3 aliphatic carbocycles. The van der Waals surface area contributed by atoms with Crippen molar-refractivity contribution in [2.24, 2.45) is 0 Å². The number of carbonyl (C=O) groups excluding carboxylic acids is 4. The van der Waals surface area contributed by atoms with Gasteiger partial charge in [-0.1, -0.05) is 6.92 Å². The number of ketones is 4. The van der Waals surface area contributed by atoms with E-state index < -0.39 is 11.2 Å². The highest BCUT2D eigenvalue weighted by Gasteiger charge is 2.48. The van der Waals surface area contributed by atoms with E-state index >= 15 is 0 Å². The van der Waals surface area contributed by atoms with Crippen molar-refractivity contribution in [1.29, 1.82) is 0 Å². The van der Waals surface area contributed by atoms with Crippen molar-refractivity contribution in [3.63, 3.8) is 0 Å². The molecule has 6 nitrogen and oxygen atoms in total. The maximum absolute atomic E-state index is 13.0. The lowest BCUT2D eigenvalue weighted by molar-refractivity contribution is 0.0916. The van der Waals surface area contributed by atoms with Crippen LogP contribution in [-0.2, 0) is 10.2 Å². The number of benzene rings is 1. The first-order valence-corrected chi connectivity index (χ1v) is 8.60. The van der Waals surface area contributed by atoms with Crippen molar-refractivity contribution in [1.82, 2.24) is 0 Å². The lowest BCUT2D eigenvalue weighted by atomic mass is 9.62. The SMILES string of the molecule is COC1=CC(=O)c2cc3c(cc2C1=O)C(=O)c1occ2c1[C@@]3(C)CCC2=O. The fourth-order valence-electron chi connectivity index (χ4n) is 4.48. The smallest absolute Gasteiger partial charge is 0.228 e. The highest BCUT2D eigenvalue weighted by atomic mass is 16.5. The second-order valence-electron chi connectivity index (χ2n) is 7.29. The van der Waals surface area contributed by atoms with E-state index in [1.165, 1.54) is 25.5 Å². The summed E-state index contributed by atoms with van der Waals surface area (Å²) in [5.74, 6) is -1.11. The molecule has 0 saturated heterocycles. The Kier molecular flexibility index (Phi) is 2.90. The minimum Gasteiger partial charge on any atom is -0.492 e. The first-order chi connectivity index (χ1) is 12.9. The number of furan rings is 1. The van der Waals surface area contributed by atoms with E-state index in [-0.39, 0.29) is 40.0 Å².